The van der Waals surface area contributed by atoms with Crippen molar-refractivity contribution in [3.63, 3.8) is 0 Å². The van der Waals surface area contributed by atoms with E-state index in [4.69, 9.17) is 0 Å². The number of allylic oxidation sites excluding steroid dienone is 2. The summed E-state index contributed by atoms with van der Waals surface area (Å²) in [4.78, 5) is 40.5. The Morgan fingerprint density at radius 1 is 0.852 bits per heavy atom. The molecule has 1 aliphatic carbocycles. The molecule has 0 bridgehead atoms. The van der Waals surface area contributed by atoms with Crippen molar-refractivity contribution >= 4 is 17.5 Å². The minimum absolute atomic E-state index is 0.112. The van der Waals surface area contributed by atoms with Crippen molar-refractivity contribution in [2.75, 3.05) is 19.6 Å². The van der Waals surface area contributed by atoms with Crippen LogP contribution in [-0.4, -0.2) is 46.9 Å². The molecule has 1 fully saturated rings. The van der Waals surface area contributed by atoms with Gasteiger partial charge in [0.2, 0.25) is 17.5 Å². The topological polar surface area (TPSA) is 57.7 Å². The summed E-state index contributed by atoms with van der Waals surface area (Å²) in [6.45, 7) is 3.88. The number of hydrogen-bond donors (Lipinski definition) is 0. The lowest BCUT2D eigenvalue weighted by molar-refractivity contribution is -0.126. The van der Waals surface area contributed by atoms with Crippen molar-refractivity contribution in [1.82, 2.24) is 9.80 Å². The molecule has 1 aromatic rings. The summed E-state index contributed by atoms with van der Waals surface area (Å²) in [6.07, 6.45) is 0.537. The summed E-state index contributed by atoms with van der Waals surface area (Å²) >= 11 is 0. The lowest BCUT2D eigenvalue weighted by Gasteiger charge is -2.33. The summed E-state index contributed by atoms with van der Waals surface area (Å²) in [5.41, 5.74) is -3.05. The van der Waals surface area contributed by atoms with Crippen molar-refractivity contribution < 1.29 is 31.9 Å². The zero-order valence-corrected chi connectivity index (χ0v) is 14.7. The summed E-state index contributed by atoms with van der Waals surface area (Å²) in [6, 6.07) is 0. The molecule has 0 radical (unpaired) electrons. The van der Waals surface area contributed by atoms with Crippen molar-refractivity contribution in [1.29, 1.82) is 0 Å². The Hall–Kier alpha value is -2.71. The van der Waals surface area contributed by atoms with Crippen LogP contribution in [0.5, 0.6) is 0 Å². The third-order valence-corrected chi connectivity index (χ3v) is 4.80. The fourth-order valence-electron chi connectivity index (χ4n) is 3.48. The van der Waals surface area contributed by atoms with Crippen LogP contribution in [0.4, 0.5) is 17.6 Å². The summed E-state index contributed by atoms with van der Waals surface area (Å²) in [5, 5.41) is 0. The van der Waals surface area contributed by atoms with Crippen molar-refractivity contribution in [2.24, 2.45) is 0 Å². The van der Waals surface area contributed by atoms with Gasteiger partial charge in [-0.15, -0.1) is 0 Å². The lowest BCUT2D eigenvalue weighted by Crippen LogP contribution is -2.42. The first-order valence-electron chi connectivity index (χ1n) is 8.51. The van der Waals surface area contributed by atoms with Gasteiger partial charge >= 0.3 is 0 Å². The van der Waals surface area contributed by atoms with Gasteiger partial charge in [0.1, 0.15) is 11.4 Å². The van der Waals surface area contributed by atoms with Crippen LogP contribution in [0.3, 0.4) is 0 Å². The van der Waals surface area contributed by atoms with E-state index in [1.54, 1.807) is 13.8 Å². The molecule has 2 aliphatic rings. The second-order valence-electron chi connectivity index (χ2n) is 6.18. The average molecular weight is 384 g/mol. The van der Waals surface area contributed by atoms with Gasteiger partial charge in [-0.05, 0) is 20.3 Å². The van der Waals surface area contributed by atoms with Crippen LogP contribution in [0.2, 0.25) is 0 Å². The Balaban J connectivity index is 2.36. The lowest BCUT2D eigenvalue weighted by atomic mass is 9.87. The number of carbonyl (C=O) groups excluding carboxylic acids is 3. The van der Waals surface area contributed by atoms with E-state index in [2.05, 4.69) is 0 Å². The number of benzene rings is 1. The average Bonchev–Trinajstić information content (AvgIpc) is 3.07. The third kappa shape index (κ3) is 2.64. The number of likely N-dealkylation sites (tertiary alicyclic amines) is 1. The van der Waals surface area contributed by atoms with Gasteiger partial charge in [-0.2, -0.15) is 0 Å². The molecule has 1 amide bonds. The number of Topliss-reactive ketones (excluding diaryl/α,β-unsaturated/α-hetero) is 2. The maximum Gasteiger partial charge on any atom is 0.227 e. The molecule has 0 atom stereocenters. The minimum atomic E-state index is -2.18. The monoisotopic (exact) mass is 384 g/mol. The minimum Gasteiger partial charge on any atom is -0.367 e. The molecule has 5 nitrogen and oxygen atoms in total. The second-order valence-corrected chi connectivity index (χ2v) is 6.18. The molecule has 0 unspecified atom stereocenters. The molecule has 3 rings (SSSR count). The number of fused-ring (bicyclic) bond motifs is 1. The number of rotatable bonds is 4. The van der Waals surface area contributed by atoms with E-state index in [1.807, 2.05) is 0 Å². The number of carbonyl (C=O) groups is 3. The fourth-order valence-corrected chi connectivity index (χ4v) is 3.48. The van der Waals surface area contributed by atoms with Crippen LogP contribution in [-0.2, 0) is 4.79 Å². The van der Waals surface area contributed by atoms with Gasteiger partial charge in [-0.3, -0.25) is 14.4 Å². The predicted molar refractivity (Wildman–Crippen MR) is 85.8 cm³/mol. The van der Waals surface area contributed by atoms with E-state index in [0.717, 1.165) is 4.90 Å². The fraction of sp³-hybridized carbons (Fsp3) is 0.389. The Morgan fingerprint density at radius 3 is 1.81 bits per heavy atom. The summed E-state index contributed by atoms with van der Waals surface area (Å²) < 4.78 is 56.0. The van der Waals surface area contributed by atoms with Gasteiger partial charge in [0.25, 0.3) is 0 Å². The molecule has 1 aromatic carbocycles. The van der Waals surface area contributed by atoms with Gasteiger partial charge in [0.15, 0.2) is 23.3 Å². The first-order chi connectivity index (χ1) is 12.8. The Labute approximate surface area is 152 Å². The van der Waals surface area contributed by atoms with Crippen LogP contribution in [0.1, 0.15) is 47.4 Å². The van der Waals surface area contributed by atoms with Crippen LogP contribution in [0.15, 0.2) is 11.4 Å². The van der Waals surface area contributed by atoms with Crippen molar-refractivity contribution in [3.8, 4) is 0 Å². The molecular formula is C18H16F4N2O3. The predicted octanol–water partition coefficient (Wildman–Crippen LogP) is 2.80. The Kier molecular flexibility index (Phi) is 4.79. The van der Waals surface area contributed by atoms with Crippen LogP contribution < -0.4 is 0 Å². The Bertz CT molecular complexity index is 907. The SMILES string of the molecule is CCN(CC)C1=C(N2CCCC2=O)C(=O)c2c(F)c(F)c(F)c(F)c2C1=O. The van der Waals surface area contributed by atoms with E-state index < -0.39 is 57.6 Å². The number of amides is 1. The molecule has 0 aromatic heterocycles. The highest BCUT2D eigenvalue weighted by atomic mass is 19.2. The molecule has 9 heteroatoms. The van der Waals surface area contributed by atoms with E-state index in [1.165, 1.54) is 4.90 Å². The number of halogens is 4. The molecule has 1 heterocycles. The normalized spacial score (nSPS) is 17.1. The second kappa shape index (κ2) is 6.79. The summed E-state index contributed by atoms with van der Waals surface area (Å²) in [7, 11) is 0. The molecular weight excluding hydrogens is 368 g/mol. The number of ketones is 2. The Morgan fingerprint density at radius 2 is 1.37 bits per heavy atom. The molecule has 27 heavy (non-hydrogen) atoms. The molecule has 1 saturated heterocycles. The highest BCUT2D eigenvalue weighted by Gasteiger charge is 2.45. The largest absolute Gasteiger partial charge is 0.367 e. The zero-order chi connectivity index (χ0) is 20.0. The van der Waals surface area contributed by atoms with E-state index in [-0.39, 0.29) is 31.8 Å². The molecule has 1 aliphatic heterocycles. The molecule has 0 N–H and O–H groups in total. The standard InChI is InChI=1S/C18H16F4N2O3/c1-3-23(4-2)15-16(24-7-5-6-8(24)25)18(27)10-9(17(15)26)11(19)13(21)14(22)12(10)20/h3-7H2,1-2H3. The van der Waals surface area contributed by atoms with Crippen LogP contribution in [0, 0.1) is 23.3 Å². The molecule has 0 spiro atoms. The highest BCUT2D eigenvalue weighted by Crippen LogP contribution is 2.36. The van der Waals surface area contributed by atoms with E-state index in [0.29, 0.717) is 6.42 Å². The first-order valence-corrected chi connectivity index (χ1v) is 8.51. The summed E-state index contributed by atoms with van der Waals surface area (Å²) in [5.74, 6) is -11.0. The number of likely N-dealkylation sites (N-methyl/N-ethyl adjacent to an activating group) is 1. The highest BCUT2D eigenvalue weighted by molar-refractivity contribution is 6.27. The van der Waals surface area contributed by atoms with Crippen LogP contribution in [0.25, 0.3) is 0 Å². The van der Waals surface area contributed by atoms with Gasteiger partial charge in [0.05, 0.1) is 11.1 Å². The van der Waals surface area contributed by atoms with Gasteiger partial charge < -0.3 is 9.80 Å². The van der Waals surface area contributed by atoms with Gasteiger partial charge in [0, 0.05) is 26.1 Å². The smallest absolute Gasteiger partial charge is 0.227 e. The number of hydrogen-bond acceptors (Lipinski definition) is 4. The van der Waals surface area contributed by atoms with Crippen molar-refractivity contribution in [2.45, 2.75) is 26.7 Å². The quantitative estimate of drug-likeness (QED) is 0.455. The van der Waals surface area contributed by atoms with Gasteiger partial charge in [-0.1, -0.05) is 0 Å². The van der Waals surface area contributed by atoms with E-state index in [9.17, 15) is 31.9 Å². The zero-order valence-electron chi connectivity index (χ0n) is 14.7. The third-order valence-electron chi connectivity index (χ3n) is 4.80. The van der Waals surface area contributed by atoms with Crippen molar-refractivity contribution in [3.05, 3.63) is 45.8 Å². The molecule has 0 saturated carbocycles. The van der Waals surface area contributed by atoms with Gasteiger partial charge in [-0.25, -0.2) is 17.6 Å². The van der Waals surface area contributed by atoms with Crippen LogP contribution >= 0.6 is 0 Å². The number of nitrogens with zero attached hydrogens (tertiary/aromatic N) is 2. The van der Waals surface area contributed by atoms with E-state index >= 15 is 0 Å². The maximum atomic E-state index is 14.3. The first kappa shape index (κ1) is 19.1. The maximum absolute atomic E-state index is 14.3. The molecule has 144 valence electrons.